The maximum atomic E-state index is 13.0. The van der Waals surface area contributed by atoms with Gasteiger partial charge in [0.05, 0.1) is 23.7 Å². The van der Waals surface area contributed by atoms with Gasteiger partial charge in [-0.1, -0.05) is 49.4 Å². The molecular formula is C19H22N2O3. The van der Waals surface area contributed by atoms with Crippen LogP contribution in [-0.2, 0) is 6.54 Å². The van der Waals surface area contributed by atoms with Crippen LogP contribution in [0.25, 0.3) is 11.0 Å². The number of aliphatic hydroxyl groups excluding tert-OH is 2. The normalized spacial score (nSPS) is 14.0. The number of hydrogen-bond donors (Lipinski definition) is 2. The van der Waals surface area contributed by atoms with Crippen LogP contribution in [0.15, 0.2) is 59.4 Å². The smallest absolute Gasteiger partial charge is 0.329 e. The van der Waals surface area contributed by atoms with E-state index in [-0.39, 0.29) is 5.69 Å². The number of aromatic nitrogens is 2. The van der Waals surface area contributed by atoms with E-state index in [0.29, 0.717) is 6.54 Å². The number of rotatable bonds is 6. The summed E-state index contributed by atoms with van der Waals surface area (Å²) in [4.78, 5) is 13.0. The predicted octanol–water partition coefficient (Wildman–Crippen LogP) is 2.16. The average molecular weight is 326 g/mol. The van der Waals surface area contributed by atoms with Crippen molar-refractivity contribution < 1.29 is 10.2 Å². The second-order valence-electron chi connectivity index (χ2n) is 5.90. The van der Waals surface area contributed by atoms with Gasteiger partial charge in [-0.05, 0) is 24.1 Å². The van der Waals surface area contributed by atoms with Gasteiger partial charge in [-0.3, -0.25) is 9.13 Å². The molecule has 0 radical (unpaired) electrons. The highest BCUT2D eigenvalue weighted by molar-refractivity contribution is 5.76. The molecule has 0 fully saturated rings. The molecule has 126 valence electrons. The minimum atomic E-state index is -1.06. The highest BCUT2D eigenvalue weighted by Crippen LogP contribution is 2.26. The van der Waals surface area contributed by atoms with Gasteiger partial charge in [-0.25, -0.2) is 4.79 Å². The fraction of sp³-hybridized carbons (Fsp3) is 0.316. The summed E-state index contributed by atoms with van der Waals surface area (Å²) in [6.07, 6.45) is -0.224. The van der Waals surface area contributed by atoms with Gasteiger partial charge in [-0.2, -0.15) is 0 Å². The highest BCUT2D eigenvalue weighted by Gasteiger charge is 2.27. The fourth-order valence-electron chi connectivity index (χ4n) is 3.23. The first-order valence-electron chi connectivity index (χ1n) is 8.22. The average Bonchev–Trinajstić information content (AvgIpc) is 2.89. The molecule has 0 unspecified atom stereocenters. The van der Waals surface area contributed by atoms with E-state index < -0.39 is 18.8 Å². The lowest BCUT2D eigenvalue weighted by atomic mass is 10.0. The number of fused-ring (bicyclic) bond motifs is 1. The topological polar surface area (TPSA) is 67.4 Å². The molecule has 0 aliphatic heterocycles. The van der Waals surface area contributed by atoms with Crippen LogP contribution in [0.3, 0.4) is 0 Å². The zero-order chi connectivity index (χ0) is 17.1. The van der Waals surface area contributed by atoms with Crippen LogP contribution in [0.4, 0.5) is 0 Å². The zero-order valence-electron chi connectivity index (χ0n) is 13.7. The minimum Gasteiger partial charge on any atom is -0.394 e. The van der Waals surface area contributed by atoms with Crippen LogP contribution < -0.4 is 5.69 Å². The van der Waals surface area contributed by atoms with Crippen molar-refractivity contribution in [1.82, 2.24) is 9.13 Å². The quantitative estimate of drug-likeness (QED) is 0.729. The van der Waals surface area contributed by atoms with Gasteiger partial charge in [0.1, 0.15) is 6.10 Å². The third kappa shape index (κ3) is 2.77. The number of hydrogen-bond acceptors (Lipinski definition) is 3. The third-order valence-corrected chi connectivity index (χ3v) is 4.29. The molecule has 0 saturated heterocycles. The molecule has 0 aliphatic carbocycles. The molecule has 0 amide bonds. The van der Waals surface area contributed by atoms with Crippen molar-refractivity contribution in [2.75, 3.05) is 6.61 Å². The van der Waals surface area contributed by atoms with Crippen LogP contribution in [0.1, 0.15) is 24.9 Å². The van der Waals surface area contributed by atoms with E-state index in [1.54, 1.807) is 9.13 Å². The largest absolute Gasteiger partial charge is 0.394 e. The molecule has 3 rings (SSSR count). The Kier molecular flexibility index (Phi) is 4.83. The van der Waals surface area contributed by atoms with Crippen molar-refractivity contribution in [3.63, 3.8) is 0 Å². The number of aliphatic hydroxyl groups is 2. The van der Waals surface area contributed by atoms with E-state index in [2.05, 4.69) is 0 Å². The van der Waals surface area contributed by atoms with Crippen LogP contribution in [0, 0.1) is 0 Å². The van der Waals surface area contributed by atoms with Gasteiger partial charge in [-0.15, -0.1) is 0 Å². The lowest BCUT2D eigenvalue weighted by Gasteiger charge is -2.23. The Morgan fingerprint density at radius 2 is 1.62 bits per heavy atom. The Morgan fingerprint density at radius 3 is 2.25 bits per heavy atom. The first-order chi connectivity index (χ1) is 11.7. The van der Waals surface area contributed by atoms with E-state index in [9.17, 15) is 15.0 Å². The molecule has 5 nitrogen and oxygen atoms in total. The summed E-state index contributed by atoms with van der Waals surface area (Å²) < 4.78 is 3.33. The Hall–Kier alpha value is -2.37. The molecule has 3 aromatic rings. The van der Waals surface area contributed by atoms with Crippen molar-refractivity contribution >= 4 is 11.0 Å². The molecule has 5 heteroatoms. The Morgan fingerprint density at radius 1 is 1.00 bits per heavy atom. The SMILES string of the molecule is CCCn1c(=O)n([C@@H](c2ccccc2)[C@H](O)CO)c2ccccc21. The summed E-state index contributed by atoms with van der Waals surface area (Å²) in [5, 5.41) is 20.0. The minimum absolute atomic E-state index is 0.167. The Bertz CT molecular complexity index is 867. The Labute approximate surface area is 140 Å². The molecule has 2 atom stereocenters. The van der Waals surface area contributed by atoms with Gasteiger partial charge in [0, 0.05) is 6.54 Å². The summed E-state index contributed by atoms with van der Waals surface area (Å²) in [6.45, 7) is 2.22. The summed E-state index contributed by atoms with van der Waals surface area (Å²) in [5.74, 6) is 0. The number of imidazole rings is 1. The predicted molar refractivity (Wildman–Crippen MR) is 94.2 cm³/mol. The summed E-state index contributed by atoms with van der Waals surface area (Å²) in [7, 11) is 0. The van der Waals surface area contributed by atoms with Gasteiger partial charge in [0.15, 0.2) is 0 Å². The summed E-state index contributed by atoms with van der Waals surface area (Å²) in [6, 6.07) is 16.3. The van der Waals surface area contributed by atoms with E-state index in [1.165, 1.54) is 0 Å². The van der Waals surface area contributed by atoms with Crippen molar-refractivity contribution in [3.8, 4) is 0 Å². The molecule has 1 aromatic heterocycles. The van der Waals surface area contributed by atoms with E-state index in [4.69, 9.17) is 0 Å². The van der Waals surface area contributed by atoms with Crippen LogP contribution in [-0.4, -0.2) is 32.1 Å². The van der Waals surface area contributed by atoms with Gasteiger partial charge >= 0.3 is 5.69 Å². The van der Waals surface area contributed by atoms with E-state index in [0.717, 1.165) is 23.0 Å². The third-order valence-electron chi connectivity index (χ3n) is 4.29. The zero-order valence-corrected chi connectivity index (χ0v) is 13.7. The Balaban J connectivity index is 2.29. The number of benzene rings is 2. The van der Waals surface area contributed by atoms with Gasteiger partial charge in [0.2, 0.25) is 0 Å². The van der Waals surface area contributed by atoms with Crippen molar-refractivity contribution in [1.29, 1.82) is 0 Å². The maximum absolute atomic E-state index is 13.0. The molecule has 2 N–H and O–H groups in total. The standard InChI is InChI=1S/C19H22N2O3/c1-2-12-20-15-10-6-7-11-16(15)21(19(20)24)18(17(23)13-22)14-8-4-3-5-9-14/h3-11,17-18,22-23H,2,12-13H2,1H3/t17-,18+/m1/s1. The molecule has 24 heavy (non-hydrogen) atoms. The highest BCUT2D eigenvalue weighted by atomic mass is 16.3. The second kappa shape index (κ2) is 7.03. The van der Waals surface area contributed by atoms with Crippen LogP contribution in [0.2, 0.25) is 0 Å². The van der Waals surface area contributed by atoms with Crippen molar-refractivity contribution in [3.05, 3.63) is 70.6 Å². The molecule has 2 aromatic carbocycles. The van der Waals surface area contributed by atoms with Crippen LogP contribution >= 0.6 is 0 Å². The molecular weight excluding hydrogens is 304 g/mol. The number of aryl methyl sites for hydroxylation is 1. The lowest BCUT2D eigenvalue weighted by Crippen LogP contribution is -2.36. The molecule has 0 aliphatic rings. The van der Waals surface area contributed by atoms with Gasteiger partial charge in [0.25, 0.3) is 0 Å². The first kappa shape index (κ1) is 16.5. The number of nitrogens with zero attached hydrogens (tertiary/aromatic N) is 2. The molecule has 0 saturated carbocycles. The van der Waals surface area contributed by atoms with Crippen LogP contribution in [0.5, 0.6) is 0 Å². The number of para-hydroxylation sites is 2. The second-order valence-corrected chi connectivity index (χ2v) is 5.90. The fourth-order valence-corrected chi connectivity index (χ4v) is 3.23. The molecule has 0 spiro atoms. The monoisotopic (exact) mass is 326 g/mol. The first-order valence-corrected chi connectivity index (χ1v) is 8.22. The van der Waals surface area contributed by atoms with Crippen molar-refractivity contribution in [2.24, 2.45) is 0 Å². The van der Waals surface area contributed by atoms with Crippen molar-refractivity contribution in [2.45, 2.75) is 32.0 Å². The van der Waals surface area contributed by atoms with E-state index >= 15 is 0 Å². The molecule has 0 bridgehead atoms. The summed E-state index contributed by atoms with van der Waals surface area (Å²) in [5.41, 5.74) is 2.23. The van der Waals surface area contributed by atoms with E-state index in [1.807, 2.05) is 61.5 Å². The lowest BCUT2D eigenvalue weighted by molar-refractivity contribution is 0.0641. The van der Waals surface area contributed by atoms with Gasteiger partial charge < -0.3 is 10.2 Å². The summed E-state index contributed by atoms with van der Waals surface area (Å²) >= 11 is 0. The molecule has 1 heterocycles. The maximum Gasteiger partial charge on any atom is 0.329 e.